The molecule has 1 heterocycles. The molecule has 0 aliphatic heterocycles. The second-order valence-electron chi connectivity index (χ2n) is 6.00. The lowest BCUT2D eigenvalue weighted by atomic mass is 10.2. The zero-order chi connectivity index (χ0) is 15.7. The molecule has 5 nitrogen and oxygen atoms in total. The number of benzene rings is 1. The molecule has 0 saturated heterocycles. The van der Waals surface area contributed by atoms with Gasteiger partial charge >= 0.3 is 0 Å². The summed E-state index contributed by atoms with van der Waals surface area (Å²) in [5.41, 5.74) is 0.896. The highest BCUT2D eigenvalue weighted by Gasteiger charge is 2.32. The van der Waals surface area contributed by atoms with E-state index in [0.717, 1.165) is 23.1 Å². The van der Waals surface area contributed by atoms with E-state index in [0.29, 0.717) is 17.6 Å². The van der Waals surface area contributed by atoms with Crippen molar-refractivity contribution in [3.8, 4) is 0 Å². The number of nitrogens with zero attached hydrogens (tertiary/aromatic N) is 2. The summed E-state index contributed by atoms with van der Waals surface area (Å²) in [6, 6.07) is 7.51. The molecule has 0 bridgehead atoms. The van der Waals surface area contributed by atoms with Crippen LogP contribution in [0.25, 0.3) is 10.2 Å². The number of thiazole rings is 1. The summed E-state index contributed by atoms with van der Waals surface area (Å²) in [4.78, 5) is 18.6. The largest absolute Gasteiger partial charge is 0.392 e. The normalized spacial score (nSPS) is 17.6. The van der Waals surface area contributed by atoms with Gasteiger partial charge in [0.1, 0.15) is 0 Å². The molecular formula is C16H21N3O2S. The van der Waals surface area contributed by atoms with Crippen LogP contribution < -0.4 is 5.32 Å². The number of para-hydroxylation sites is 1. The number of carbonyl (C=O) groups is 1. The molecular weight excluding hydrogens is 298 g/mol. The molecule has 2 N–H and O–H groups in total. The first-order valence-electron chi connectivity index (χ1n) is 7.59. The lowest BCUT2D eigenvalue weighted by Gasteiger charge is -2.25. The van der Waals surface area contributed by atoms with Gasteiger partial charge in [0.2, 0.25) is 5.91 Å². The fourth-order valence-electron chi connectivity index (χ4n) is 2.42. The van der Waals surface area contributed by atoms with Crippen molar-refractivity contribution in [2.24, 2.45) is 5.92 Å². The zero-order valence-corrected chi connectivity index (χ0v) is 13.6. The number of aliphatic hydroxyl groups is 1. The van der Waals surface area contributed by atoms with Crippen LogP contribution >= 0.6 is 11.3 Å². The molecule has 1 saturated carbocycles. The van der Waals surface area contributed by atoms with Gasteiger partial charge in [-0.2, -0.15) is 0 Å². The SMILES string of the molecule is CC(C(=O)Nc1nc2ccccc2s1)N(C)CC(O)C1CC1. The number of hydrogen-bond donors (Lipinski definition) is 2. The maximum absolute atomic E-state index is 12.3. The molecule has 2 unspecified atom stereocenters. The minimum atomic E-state index is -0.331. The number of anilines is 1. The van der Waals surface area contributed by atoms with E-state index in [2.05, 4.69) is 10.3 Å². The van der Waals surface area contributed by atoms with E-state index in [1.807, 2.05) is 43.1 Å². The third kappa shape index (κ3) is 3.45. The molecule has 1 fully saturated rings. The molecule has 0 spiro atoms. The summed E-state index contributed by atoms with van der Waals surface area (Å²) in [5.74, 6) is 0.325. The van der Waals surface area contributed by atoms with E-state index in [1.54, 1.807) is 0 Å². The molecule has 118 valence electrons. The smallest absolute Gasteiger partial charge is 0.243 e. The second kappa shape index (κ2) is 6.32. The first-order valence-corrected chi connectivity index (χ1v) is 8.41. The van der Waals surface area contributed by atoms with Gasteiger partial charge in [0.25, 0.3) is 0 Å². The van der Waals surface area contributed by atoms with Crippen LogP contribution in [0.4, 0.5) is 5.13 Å². The Kier molecular flexibility index (Phi) is 4.42. The van der Waals surface area contributed by atoms with Crippen molar-refractivity contribution in [1.82, 2.24) is 9.88 Å². The number of fused-ring (bicyclic) bond motifs is 1. The summed E-state index contributed by atoms with van der Waals surface area (Å²) in [7, 11) is 1.87. The van der Waals surface area contributed by atoms with Crippen molar-refractivity contribution in [2.75, 3.05) is 18.9 Å². The van der Waals surface area contributed by atoms with Gasteiger partial charge < -0.3 is 10.4 Å². The lowest BCUT2D eigenvalue weighted by molar-refractivity contribution is -0.120. The van der Waals surface area contributed by atoms with Gasteiger partial charge in [0.05, 0.1) is 22.4 Å². The number of rotatable bonds is 6. The van der Waals surface area contributed by atoms with Gasteiger partial charge in [0.15, 0.2) is 5.13 Å². The van der Waals surface area contributed by atoms with E-state index >= 15 is 0 Å². The summed E-state index contributed by atoms with van der Waals surface area (Å²) in [6.45, 7) is 2.38. The summed E-state index contributed by atoms with van der Waals surface area (Å²) in [6.07, 6.45) is 1.87. The lowest BCUT2D eigenvalue weighted by Crippen LogP contribution is -2.43. The van der Waals surface area contributed by atoms with E-state index in [-0.39, 0.29) is 18.1 Å². The third-order valence-electron chi connectivity index (χ3n) is 4.21. The van der Waals surface area contributed by atoms with Crippen molar-refractivity contribution in [3.63, 3.8) is 0 Å². The van der Waals surface area contributed by atoms with E-state index in [9.17, 15) is 9.90 Å². The Hall–Kier alpha value is -1.50. The van der Waals surface area contributed by atoms with Gasteiger partial charge in [-0.05, 0) is 44.9 Å². The Labute approximate surface area is 134 Å². The summed E-state index contributed by atoms with van der Waals surface area (Å²) >= 11 is 1.47. The Balaban J connectivity index is 1.60. The number of aromatic nitrogens is 1. The number of hydrogen-bond acceptors (Lipinski definition) is 5. The van der Waals surface area contributed by atoms with Crippen LogP contribution in [-0.2, 0) is 4.79 Å². The molecule has 6 heteroatoms. The van der Waals surface area contributed by atoms with Crippen LogP contribution in [0.15, 0.2) is 24.3 Å². The van der Waals surface area contributed by atoms with Gasteiger partial charge in [-0.1, -0.05) is 23.5 Å². The molecule has 1 aliphatic rings. The third-order valence-corrected chi connectivity index (χ3v) is 5.16. The summed E-state index contributed by atoms with van der Waals surface area (Å²) in [5, 5.41) is 13.5. The first kappa shape index (κ1) is 15.4. The first-order chi connectivity index (χ1) is 10.5. The standard InChI is InChI=1S/C16H21N3O2S/c1-10(19(2)9-13(20)11-7-8-11)15(21)18-16-17-12-5-3-4-6-14(12)22-16/h3-6,10-11,13,20H,7-9H2,1-2H3,(H,17,18,21). The fraction of sp³-hybridized carbons (Fsp3) is 0.500. The van der Waals surface area contributed by atoms with Crippen LogP contribution in [0.2, 0.25) is 0 Å². The van der Waals surface area contributed by atoms with Gasteiger partial charge in [-0.15, -0.1) is 0 Å². The molecule has 0 radical (unpaired) electrons. The van der Waals surface area contributed by atoms with Crippen LogP contribution in [0, 0.1) is 5.92 Å². The second-order valence-corrected chi connectivity index (χ2v) is 7.03. The quantitative estimate of drug-likeness (QED) is 0.857. The van der Waals surface area contributed by atoms with E-state index in [1.165, 1.54) is 11.3 Å². The highest BCUT2D eigenvalue weighted by atomic mass is 32.1. The molecule has 2 atom stereocenters. The van der Waals surface area contributed by atoms with Crippen molar-refractivity contribution < 1.29 is 9.90 Å². The number of aliphatic hydroxyl groups excluding tert-OH is 1. The highest BCUT2D eigenvalue weighted by molar-refractivity contribution is 7.22. The number of nitrogens with one attached hydrogen (secondary N) is 1. The molecule has 3 rings (SSSR count). The predicted octanol–water partition coefficient (Wildman–Crippen LogP) is 2.33. The van der Waals surface area contributed by atoms with Crippen LogP contribution in [-0.4, -0.2) is 46.6 Å². The van der Waals surface area contributed by atoms with Crippen molar-refractivity contribution in [3.05, 3.63) is 24.3 Å². The van der Waals surface area contributed by atoms with E-state index in [4.69, 9.17) is 0 Å². The molecule has 1 amide bonds. The average molecular weight is 319 g/mol. The molecule has 22 heavy (non-hydrogen) atoms. The van der Waals surface area contributed by atoms with E-state index < -0.39 is 0 Å². The molecule has 1 aliphatic carbocycles. The maximum atomic E-state index is 12.3. The van der Waals surface area contributed by atoms with Gasteiger partial charge in [-0.25, -0.2) is 4.98 Å². The molecule has 1 aromatic carbocycles. The fourth-order valence-corrected chi connectivity index (χ4v) is 3.29. The number of carbonyl (C=O) groups excluding carboxylic acids is 1. The predicted molar refractivity (Wildman–Crippen MR) is 89.1 cm³/mol. The Morgan fingerprint density at radius 1 is 1.50 bits per heavy atom. The van der Waals surface area contributed by atoms with Crippen molar-refractivity contribution in [2.45, 2.75) is 31.9 Å². The topological polar surface area (TPSA) is 65.5 Å². The molecule has 1 aromatic heterocycles. The molecule has 2 aromatic rings. The summed E-state index contributed by atoms with van der Waals surface area (Å²) < 4.78 is 1.06. The average Bonchev–Trinajstić information content (AvgIpc) is 3.26. The van der Waals surface area contributed by atoms with Crippen molar-refractivity contribution >= 4 is 32.6 Å². The maximum Gasteiger partial charge on any atom is 0.243 e. The minimum Gasteiger partial charge on any atom is -0.392 e. The Bertz CT molecular complexity index is 635. The van der Waals surface area contributed by atoms with Gasteiger partial charge in [0, 0.05) is 6.54 Å². The Morgan fingerprint density at radius 3 is 2.91 bits per heavy atom. The van der Waals surface area contributed by atoms with Crippen LogP contribution in [0.1, 0.15) is 19.8 Å². The minimum absolute atomic E-state index is 0.0930. The Morgan fingerprint density at radius 2 is 2.23 bits per heavy atom. The zero-order valence-electron chi connectivity index (χ0n) is 12.8. The van der Waals surface area contributed by atoms with Gasteiger partial charge in [-0.3, -0.25) is 9.69 Å². The monoisotopic (exact) mass is 319 g/mol. The number of likely N-dealkylation sites (N-methyl/N-ethyl adjacent to an activating group) is 1. The van der Waals surface area contributed by atoms with Crippen LogP contribution in [0.3, 0.4) is 0 Å². The number of amides is 1. The van der Waals surface area contributed by atoms with Crippen LogP contribution in [0.5, 0.6) is 0 Å². The van der Waals surface area contributed by atoms with Crippen molar-refractivity contribution in [1.29, 1.82) is 0 Å². The highest BCUT2D eigenvalue weighted by Crippen LogP contribution is 2.33.